The first kappa shape index (κ1) is 14.4. The Balaban J connectivity index is 2.40. The molecule has 0 radical (unpaired) electrons. The largest absolute Gasteiger partial charge is 0.393 e. The van der Waals surface area contributed by atoms with Crippen molar-refractivity contribution in [2.45, 2.75) is 24.7 Å². The molecular formula is C11H15N3O6. The van der Waals surface area contributed by atoms with E-state index >= 15 is 0 Å². The number of primary amides is 1. The van der Waals surface area contributed by atoms with Crippen molar-refractivity contribution < 1.29 is 19.7 Å². The van der Waals surface area contributed by atoms with Crippen molar-refractivity contribution in [3.63, 3.8) is 0 Å². The van der Waals surface area contributed by atoms with Crippen LogP contribution in [-0.2, 0) is 4.74 Å². The van der Waals surface area contributed by atoms with Gasteiger partial charge in [0.2, 0.25) is 0 Å². The molecule has 1 aliphatic heterocycles. The summed E-state index contributed by atoms with van der Waals surface area (Å²) in [6.45, 7) is -0.804. The average molecular weight is 285 g/mol. The molecule has 0 bridgehead atoms. The number of aliphatic hydroxyl groups is 2. The Morgan fingerprint density at radius 2 is 2.15 bits per heavy atom. The van der Waals surface area contributed by atoms with Crippen LogP contribution in [-0.4, -0.2) is 44.5 Å². The maximum absolute atomic E-state index is 11.7. The van der Waals surface area contributed by atoms with Crippen molar-refractivity contribution >= 4 is 5.91 Å². The van der Waals surface area contributed by atoms with Gasteiger partial charge in [-0.3, -0.25) is 19.1 Å². The topological polar surface area (TPSA) is 148 Å². The van der Waals surface area contributed by atoms with Crippen molar-refractivity contribution in [2.24, 2.45) is 5.73 Å². The van der Waals surface area contributed by atoms with Crippen LogP contribution in [0.2, 0.25) is 0 Å². The van der Waals surface area contributed by atoms with Crippen molar-refractivity contribution in [1.82, 2.24) is 9.55 Å². The van der Waals surface area contributed by atoms with E-state index in [1.54, 1.807) is 0 Å². The fourth-order valence-electron chi connectivity index (χ4n) is 2.15. The molecule has 0 spiro atoms. The molecule has 1 aromatic heterocycles. The van der Waals surface area contributed by atoms with Crippen LogP contribution >= 0.6 is 0 Å². The number of nitrogens with zero attached hydrogens (tertiary/aromatic N) is 1. The normalized spacial score (nSPS) is 21.0. The van der Waals surface area contributed by atoms with Gasteiger partial charge < -0.3 is 20.7 Å². The van der Waals surface area contributed by atoms with Crippen LogP contribution in [0, 0.1) is 0 Å². The van der Waals surface area contributed by atoms with E-state index in [4.69, 9.17) is 10.5 Å². The highest BCUT2D eigenvalue weighted by Gasteiger charge is 2.40. The smallest absolute Gasteiger partial charge is 0.330 e. The highest BCUT2D eigenvalue weighted by atomic mass is 16.5. The van der Waals surface area contributed by atoms with Crippen LogP contribution in [0.4, 0.5) is 0 Å². The predicted molar refractivity (Wildman–Crippen MR) is 66.1 cm³/mol. The molecule has 9 heteroatoms. The molecule has 1 aliphatic rings. The Labute approximate surface area is 112 Å². The van der Waals surface area contributed by atoms with Crippen LogP contribution in [0.15, 0.2) is 15.8 Å². The van der Waals surface area contributed by atoms with Crippen LogP contribution in [0.25, 0.3) is 0 Å². The van der Waals surface area contributed by atoms with Gasteiger partial charge in [-0.15, -0.1) is 0 Å². The predicted octanol–water partition coefficient (Wildman–Crippen LogP) is -2.33. The molecule has 1 aromatic rings. The molecule has 0 unspecified atom stereocenters. The Hall–Kier alpha value is -1.97. The van der Waals surface area contributed by atoms with Gasteiger partial charge in [-0.2, -0.15) is 0 Å². The fourth-order valence-corrected chi connectivity index (χ4v) is 2.15. The number of carbonyl (C=O) groups excluding carboxylic acids is 1. The lowest BCUT2D eigenvalue weighted by Crippen LogP contribution is -2.40. The van der Waals surface area contributed by atoms with E-state index in [1.165, 1.54) is 0 Å². The number of nitrogens with two attached hydrogens (primary N) is 1. The quantitative estimate of drug-likeness (QED) is 0.487. The lowest BCUT2D eigenvalue weighted by molar-refractivity contribution is -0.122. The van der Waals surface area contributed by atoms with Gasteiger partial charge in [-0.25, -0.2) is 4.79 Å². The number of ether oxygens (including phenoxy) is 1. The molecule has 0 aromatic carbocycles. The lowest BCUT2D eigenvalue weighted by atomic mass is 10.0. The number of nitrogens with one attached hydrogen (secondary N) is 1. The van der Waals surface area contributed by atoms with E-state index in [1.807, 2.05) is 4.98 Å². The summed E-state index contributed by atoms with van der Waals surface area (Å²) in [5, 5.41) is 18.5. The summed E-state index contributed by atoms with van der Waals surface area (Å²) >= 11 is 0. The van der Waals surface area contributed by atoms with E-state index in [9.17, 15) is 24.6 Å². The second kappa shape index (κ2) is 5.19. The van der Waals surface area contributed by atoms with Crippen molar-refractivity contribution in [2.75, 3.05) is 13.2 Å². The number of aliphatic hydroxyl groups excluding tert-OH is 2. The molecule has 1 amide bonds. The second-order valence-corrected chi connectivity index (χ2v) is 4.68. The molecule has 0 aliphatic carbocycles. The van der Waals surface area contributed by atoms with Crippen LogP contribution in [0.1, 0.15) is 29.4 Å². The first-order valence-electron chi connectivity index (χ1n) is 5.97. The molecule has 110 valence electrons. The van der Waals surface area contributed by atoms with Crippen LogP contribution < -0.4 is 17.0 Å². The summed E-state index contributed by atoms with van der Waals surface area (Å²) in [7, 11) is 0. The number of aromatic amines is 1. The second-order valence-electron chi connectivity index (χ2n) is 4.68. The van der Waals surface area contributed by atoms with Gasteiger partial charge in [-0.05, 0) is 12.8 Å². The van der Waals surface area contributed by atoms with Crippen molar-refractivity contribution in [1.29, 1.82) is 0 Å². The standard InChI is InChI=1S/C11H15N3O6/c12-8(17)6-3-14(10(19)13-9(6)18)7-1-2-11(4-15,5-16)20-7/h3,7,15-16H,1-2,4-5H2,(H2,12,17)(H,13,18,19)/t7-/m1/s1. The zero-order chi connectivity index (χ0) is 14.9. The molecule has 1 atom stereocenters. The third-order valence-corrected chi connectivity index (χ3v) is 3.35. The van der Waals surface area contributed by atoms with Crippen molar-refractivity contribution in [3.05, 3.63) is 32.6 Å². The highest BCUT2D eigenvalue weighted by molar-refractivity contribution is 5.91. The summed E-state index contributed by atoms with van der Waals surface area (Å²) in [5.41, 5.74) is 1.93. The Kier molecular flexibility index (Phi) is 3.75. The summed E-state index contributed by atoms with van der Waals surface area (Å²) < 4.78 is 6.50. The van der Waals surface area contributed by atoms with E-state index in [0.717, 1.165) is 10.8 Å². The number of hydrogen-bond acceptors (Lipinski definition) is 6. The maximum Gasteiger partial charge on any atom is 0.330 e. The van der Waals surface area contributed by atoms with E-state index in [0.29, 0.717) is 12.8 Å². The summed E-state index contributed by atoms with van der Waals surface area (Å²) in [4.78, 5) is 36.2. The minimum Gasteiger partial charge on any atom is -0.393 e. The SMILES string of the molecule is NC(=O)c1cn([C@H]2CCC(CO)(CO)O2)c(=O)[nH]c1=O. The van der Waals surface area contributed by atoms with E-state index in [2.05, 4.69) is 0 Å². The minimum absolute atomic E-state index is 0.335. The van der Waals surface area contributed by atoms with Gasteiger partial charge in [0.1, 0.15) is 17.4 Å². The molecule has 1 saturated heterocycles. The number of carbonyl (C=O) groups is 1. The zero-order valence-electron chi connectivity index (χ0n) is 10.5. The number of H-pyrrole nitrogens is 1. The molecule has 5 N–H and O–H groups in total. The van der Waals surface area contributed by atoms with E-state index < -0.39 is 42.2 Å². The molecule has 2 heterocycles. The van der Waals surface area contributed by atoms with Gasteiger partial charge in [0.05, 0.1) is 13.2 Å². The van der Waals surface area contributed by atoms with Crippen LogP contribution in [0.3, 0.4) is 0 Å². The van der Waals surface area contributed by atoms with E-state index in [-0.39, 0.29) is 5.56 Å². The van der Waals surface area contributed by atoms with Gasteiger partial charge in [-0.1, -0.05) is 0 Å². The zero-order valence-corrected chi connectivity index (χ0v) is 10.5. The third-order valence-electron chi connectivity index (χ3n) is 3.35. The lowest BCUT2D eigenvalue weighted by Gasteiger charge is -2.25. The Morgan fingerprint density at radius 3 is 2.65 bits per heavy atom. The number of aromatic nitrogens is 2. The van der Waals surface area contributed by atoms with Crippen LogP contribution in [0.5, 0.6) is 0 Å². The summed E-state index contributed by atoms with van der Waals surface area (Å²) in [6.07, 6.45) is 0.906. The number of hydrogen-bond donors (Lipinski definition) is 4. The number of amides is 1. The monoisotopic (exact) mass is 285 g/mol. The highest BCUT2D eigenvalue weighted by Crippen LogP contribution is 2.35. The Bertz CT molecular complexity index is 630. The minimum atomic E-state index is -1.13. The maximum atomic E-state index is 11.7. The Morgan fingerprint density at radius 1 is 1.50 bits per heavy atom. The summed E-state index contributed by atoms with van der Waals surface area (Å²) in [5.74, 6) is -0.964. The molecule has 9 nitrogen and oxygen atoms in total. The molecular weight excluding hydrogens is 270 g/mol. The van der Waals surface area contributed by atoms with Gasteiger partial charge in [0.25, 0.3) is 11.5 Å². The average Bonchev–Trinajstić information content (AvgIpc) is 2.83. The van der Waals surface area contributed by atoms with Gasteiger partial charge in [0, 0.05) is 6.20 Å². The van der Waals surface area contributed by atoms with Gasteiger partial charge >= 0.3 is 5.69 Å². The first-order valence-corrected chi connectivity index (χ1v) is 5.97. The van der Waals surface area contributed by atoms with Crippen molar-refractivity contribution in [3.8, 4) is 0 Å². The molecule has 20 heavy (non-hydrogen) atoms. The number of rotatable bonds is 4. The summed E-state index contributed by atoms with van der Waals surface area (Å²) in [6, 6.07) is 0. The fraction of sp³-hybridized carbons (Fsp3) is 0.545. The molecule has 2 rings (SSSR count). The first-order chi connectivity index (χ1) is 9.42. The molecule has 1 fully saturated rings. The third kappa shape index (κ3) is 2.38. The van der Waals surface area contributed by atoms with Gasteiger partial charge in [0.15, 0.2) is 0 Å². The molecule has 0 saturated carbocycles.